The number of rotatable bonds is 1. The second kappa shape index (κ2) is 3.70. The molecule has 0 saturated heterocycles. The molecule has 0 heterocycles. The van der Waals surface area contributed by atoms with Gasteiger partial charge in [0.15, 0.2) is 0 Å². The molecule has 2 atom stereocenters. The Kier molecular flexibility index (Phi) is 2.52. The maximum atomic E-state index is 11.2. The van der Waals surface area contributed by atoms with Crippen LogP contribution in [0.15, 0.2) is 23.8 Å². The first-order valence-electron chi connectivity index (χ1n) is 5.11. The average molecular weight is 209 g/mol. The number of carbonyl (C=O) groups is 1. The van der Waals surface area contributed by atoms with Gasteiger partial charge < -0.3 is 15.2 Å². The van der Waals surface area contributed by atoms with Gasteiger partial charge in [0.25, 0.3) is 0 Å². The number of aliphatic hydroxyl groups excluding tert-OH is 1. The summed E-state index contributed by atoms with van der Waals surface area (Å²) < 4.78 is 4.61. The third kappa shape index (κ3) is 1.77. The lowest BCUT2D eigenvalue weighted by Crippen LogP contribution is -2.47. The Bertz CT molecular complexity index is 335. The van der Waals surface area contributed by atoms with Gasteiger partial charge in [0.2, 0.25) is 0 Å². The van der Waals surface area contributed by atoms with E-state index in [1.54, 1.807) is 6.08 Å². The van der Waals surface area contributed by atoms with E-state index in [0.29, 0.717) is 0 Å². The Morgan fingerprint density at radius 1 is 1.73 bits per heavy atom. The van der Waals surface area contributed by atoms with Gasteiger partial charge in [-0.2, -0.15) is 0 Å². The van der Waals surface area contributed by atoms with Crippen molar-refractivity contribution in [3.63, 3.8) is 0 Å². The van der Waals surface area contributed by atoms with Gasteiger partial charge >= 0.3 is 6.09 Å². The Balaban J connectivity index is 2.22. The molecule has 0 aromatic heterocycles. The Labute approximate surface area is 88.6 Å². The fraction of sp³-hybridized carbons (Fsp3) is 0.545. The van der Waals surface area contributed by atoms with Crippen LogP contribution in [0.1, 0.15) is 19.3 Å². The first-order chi connectivity index (χ1) is 7.16. The van der Waals surface area contributed by atoms with Crippen molar-refractivity contribution in [1.29, 1.82) is 0 Å². The number of hydrogen-bond donors (Lipinski definition) is 2. The molecule has 82 valence electrons. The van der Waals surface area contributed by atoms with Gasteiger partial charge in [-0.05, 0) is 24.8 Å². The molecule has 1 fully saturated rings. The minimum atomic E-state index is -0.523. The molecule has 0 unspecified atom stereocenters. The molecule has 1 amide bonds. The summed E-state index contributed by atoms with van der Waals surface area (Å²) in [6.45, 7) is 0. The highest BCUT2D eigenvalue weighted by atomic mass is 16.5. The zero-order chi connectivity index (χ0) is 10.9. The maximum absolute atomic E-state index is 11.2. The first kappa shape index (κ1) is 10.2. The van der Waals surface area contributed by atoms with Gasteiger partial charge in [-0.3, -0.25) is 0 Å². The molecule has 2 rings (SSSR count). The summed E-state index contributed by atoms with van der Waals surface area (Å²) in [6, 6.07) is 0. The van der Waals surface area contributed by atoms with Crippen molar-refractivity contribution in [3.8, 4) is 0 Å². The van der Waals surface area contributed by atoms with E-state index in [1.807, 2.05) is 12.2 Å². The number of alkyl carbamates (subject to hydrolysis) is 1. The van der Waals surface area contributed by atoms with Crippen molar-refractivity contribution >= 4 is 6.09 Å². The van der Waals surface area contributed by atoms with Crippen LogP contribution < -0.4 is 5.32 Å². The highest BCUT2D eigenvalue weighted by Gasteiger charge is 2.39. The van der Waals surface area contributed by atoms with Gasteiger partial charge in [-0.15, -0.1) is 0 Å². The van der Waals surface area contributed by atoms with E-state index < -0.39 is 17.7 Å². The van der Waals surface area contributed by atoms with Crippen LogP contribution in [0.4, 0.5) is 4.79 Å². The molecule has 0 aromatic carbocycles. The van der Waals surface area contributed by atoms with E-state index >= 15 is 0 Å². The molecule has 2 N–H and O–H groups in total. The molecule has 4 heteroatoms. The number of carbonyl (C=O) groups excluding carboxylic acids is 1. The average Bonchev–Trinajstić information content (AvgIpc) is 2.61. The van der Waals surface area contributed by atoms with Gasteiger partial charge in [0.05, 0.1) is 18.8 Å². The zero-order valence-corrected chi connectivity index (χ0v) is 8.69. The third-order valence-corrected chi connectivity index (χ3v) is 3.05. The minimum Gasteiger partial charge on any atom is -0.453 e. The fourth-order valence-corrected chi connectivity index (χ4v) is 2.31. The standard InChI is InChI=1S/C11H15NO3/c1-15-10(14)12-11-5-2-3-8(11)7-9(13)4-6-11/h4,6-7,9,13H,2-3,5H2,1H3,(H,12,14)/t9-,11-/m1/s1. The van der Waals surface area contributed by atoms with Crippen molar-refractivity contribution in [3.05, 3.63) is 23.8 Å². The van der Waals surface area contributed by atoms with Crippen LogP contribution >= 0.6 is 0 Å². The monoisotopic (exact) mass is 209 g/mol. The normalized spacial score (nSPS) is 33.2. The van der Waals surface area contributed by atoms with E-state index in [-0.39, 0.29) is 0 Å². The van der Waals surface area contributed by atoms with Crippen LogP contribution in [0.2, 0.25) is 0 Å². The molecule has 2 aliphatic rings. The maximum Gasteiger partial charge on any atom is 0.407 e. The third-order valence-electron chi connectivity index (χ3n) is 3.05. The number of amides is 1. The second-order valence-electron chi connectivity index (χ2n) is 3.98. The van der Waals surface area contributed by atoms with Gasteiger partial charge in [0, 0.05) is 0 Å². The molecular weight excluding hydrogens is 194 g/mol. The van der Waals surface area contributed by atoms with Crippen LogP contribution in [0, 0.1) is 0 Å². The summed E-state index contributed by atoms with van der Waals surface area (Å²) in [5, 5.41) is 12.3. The zero-order valence-electron chi connectivity index (χ0n) is 8.69. The van der Waals surface area contributed by atoms with Crippen LogP contribution in [0.5, 0.6) is 0 Å². The second-order valence-corrected chi connectivity index (χ2v) is 3.98. The summed E-state index contributed by atoms with van der Waals surface area (Å²) in [4.78, 5) is 11.2. The molecule has 0 bridgehead atoms. The molecule has 0 spiro atoms. The van der Waals surface area contributed by atoms with Crippen LogP contribution in [-0.2, 0) is 4.74 Å². The molecule has 2 aliphatic carbocycles. The number of fused-ring (bicyclic) bond motifs is 1. The summed E-state index contributed by atoms with van der Waals surface area (Å²) in [5.74, 6) is 0. The minimum absolute atomic E-state index is 0.410. The lowest BCUT2D eigenvalue weighted by atomic mass is 9.87. The van der Waals surface area contributed by atoms with Crippen LogP contribution in [0.25, 0.3) is 0 Å². The predicted molar refractivity (Wildman–Crippen MR) is 55.4 cm³/mol. The van der Waals surface area contributed by atoms with E-state index in [2.05, 4.69) is 10.1 Å². The Hall–Kier alpha value is -1.29. The molecule has 1 saturated carbocycles. The molecular formula is C11H15NO3. The molecule has 0 aromatic rings. The van der Waals surface area contributed by atoms with E-state index in [1.165, 1.54) is 7.11 Å². The highest BCUT2D eigenvalue weighted by Crippen LogP contribution is 2.38. The number of hydrogen-bond acceptors (Lipinski definition) is 3. The largest absolute Gasteiger partial charge is 0.453 e. The van der Waals surface area contributed by atoms with Crippen LogP contribution in [0.3, 0.4) is 0 Å². The van der Waals surface area contributed by atoms with Gasteiger partial charge in [0.1, 0.15) is 0 Å². The van der Waals surface area contributed by atoms with Gasteiger partial charge in [-0.25, -0.2) is 4.79 Å². The van der Waals surface area contributed by atoms with Crippen molar-refractivity contribution in [2.24, 2.45) is 0 Å². The summed E-state index contributed by atoms with van der Waals surface area (Å²) in [5.41, 5.74) is 0.676. The first-order valence-corrected chi connectivity index (χ1v) is 5.11. The molecule has 0 aliphatic heterocycles. The van der Waals surface area contributed by atoms with Crippen molar-refractivity contribution in [2.45, 2.75) is 30.9 Å². The highest BCUT2D eigenvalue weighted by molar-refractivity contribution is 5.70. The summed E-state index contributed by atoms with van der Waals surface area (Å²) >= 11 is 0. The topological polar surface area (TPSA) is 58.6 Å². The molecule has 4 nitrogen and oxygen atoms in total. The Morgan fingerprint density at radius 3 is 3.27 bits per heavy atom. The predicted octanol–water partition coefficient (Wildman–Crippen LogP) is 1.12. The van der Waals surface area contributed by atoms with Crippen molar-refractivity contribution in [1.82, 2.24) is 5.32 Å². The number of methoxy groups -OCH3 is 1. The summed E-state index contributed by atoms with van der Waals surface area (Å²) in [7, 11) is 1.35. The number of nitrogens with one attached hydrogen (secondary N) is 1. The lowest BCUT2D eigenvalue weighted by Gasteiger charge is -2.31. The molecule has 15 heavy (non-hydrogen) atoms. The summed E-state index contributed by atoms with van der Waals surface area (Å²) in [6.07, 6.45) is 7.24. The number of ether oxygens (including phenoxy) is 1. The van der Waals surface area contributed by atoms with E-state index in [9.17, 15) is 9.90 Å². The lowest BCUT2D eigenvalue weighted by molar-refractivity contribution is 0.163. The van der Waals surface area contributed by atoms with Crippen LogP contribution in [-0.4, -0.2) is 30.0 Å². The van der Waals surface area contributed by atoms with E-state index in [4.69, 9.17) is 0 Å². The fourth-order valence-electron chi connectivity index (χ4n) is 2.31. The van der Waals surface area contributed by atoms with Crippen molar-refractivity contribution in [2.75, 3.05) is 7.11 Å². The Morgan fingerprint density at radius 2 is 2.53 bits per heavy atom. The quantitative estimate of drug-likeness (QED) is 0.636. The smallest absolute Gasteiger partial charge is 0.407 e. The van der Waals surface area contributed by atoms with Crippen molar-refractivity contribution < 1.29 is 14.6 Å². The molecule has 0 radical (unpaired) electrons. The van der Waals surface area contributed by atoms with Gasteiger partial charge in [-0.1, -0.05) is 18.2 Å². The van der Waals surface area contributed by atoms with E-state index in [0.717, 1.165) is 24.8 Å². The number of aliphatic hydroxyl groups is 1. The SMILES string of the molecule is COC(=O)N[C@]12C=C[C@@H](O)C=C1CCC2.